The van der Waals surface area contributed by atoms with Crippen molar-refractivity contribution in [2.24, 2.45) is 0 Å². The molecule has 1 aliphatic rings. The van der Waals surface area contributed by atoms with E-state index in [1.54, 1.807) is 19.3 Å². The average Bonchev–Trinajstić information content (AvgIpc) is 2.39. The molecule has 0 saturated carbocycles. The van der Waals surface area contributed by atoms with E-state index in [1.807, 2.05) is 4.90 Å². The van der Waals surface area contributed by atoms with Crippen molar-refractivity contribution in [2.45, 2.75) is 12.8 Å². The molecule has 0 aromatic carbocycles. The van der Waals surface area contributed by atoms with Crippen LogP contribution in [-0.4, -0.2) is 47.3 Å². The molecule has 17 heavy (non-hydrogen) atoms. The number of anilines is 1. The number of carbonyl (C=O) groups is 1. The van der Waals surface area contributed by atoms with Crippen molar-refractivity contribution in [2.75, 3.05) is 31.2 Å². The molecule has 1 atom stereocenters. The summed E-state index contributed by atoms with van der Waals surface area (Å²) in [5.74, 6) is -0.809. The third-order valence-electron chi connectivity index (χ3n) is 2.82. The number of rotatable bonds is 3. The van der Waals surface area contributed by atoms with Gasteiger partial charge in [0.1, 0.15) is 0 Å². The summed E-state index contributed by atoms with van der Waals surface area (Å²) in [5.41, 5.74) is 0.620. The molecule has 0 bridgehead atoms. The number of nitrogens with zero attached hydrogens (tertiary/aromatic N) is 3. The predicted molar refractivity (Wildman–Crippen MR) is 61.1 cm³/mol. The number of morpholine rings is 1. The van der Waals surface area contributed by atoms with Gasteiger partial charge in [-0.15, -0.1) is 0 Å². The third-order valence-corrected chi connectivity index (χ3v) is 2.82. The van der Waals surface area contributed by atoms with Gasteiger partial charge in [-0.25, -0.2) is 9.97 Å². The number of aliphatic carboxylic acids is 1. The Morgan fingerprint density at radius 3 is 2.53 bits per heavy atom. The molecule has 6 nitrogen and oxygen atoms in total. The average molecular weight is 237 g/mol. The van der Waals surface area contributed by atoms with E-state index < -0.39 is 11.9 Å². The van der Waals surface area contributed by atoms with E-state index in [-0.39, 0.29) is 0 Å². The summed E-state index contributed by atoms with van der Waals surface area (Å²) < 4.78 is 5.24. The van der Waals surface area contributed by atoms with Crippen LogP contribution in [0.25, 0.3) is 0 Å². The molecule has 0 radical (unpaired) electrons. The molecule has 0 aliphatic carbocycles. The van der Waals surface area contributed by atoms with Crippen LogP contribution in [0, 0.1) is 0 Å². The Balaban J connectivity index is 2.09. The highest BCUT2D eigenvalue weighted by Gasteiger charge is 2.17. The van der Waals surface area contributed by atoms with E-state index in [9.17, 15) is 4.79 Å². The number of hydrogen-bond donors (Lipinski definition) is 1. The Labute approximate surface area is 99.2 Å². The zero-order valence-electron chi connectivity index (χ0n) is 9.67. The maximum absolute atomic E-state index is 10.8. The zero-order chi connectivity index (χ0) is 12.3. The Kier molecular flexibility index (Phi) is 3.53. The van der Waals surface area contributed by atoms with E-state index in [0.29, 0.717) is 24.7 Å². The Morgan fingerprint density at radius 1 is 1.41 bits per heavy atom. The smallest absolute Gasteiger partial charge is 0.310 e. The van der Waals surface area contributed by atoms with Crippen LogP contribution in [0.5, 0.6) is 0 Å². The minimum Gasteiger partial charge on any atom is -0.481 e. The molecule has 6 heteroatoms. The molecule has 0 spiro atoms. The van der Waals surface area contributed by atoms with Crippen molar-refractivity contribution in [1.29, 1.82) is 0 Å². The molecule has 1 saturated heterocycles. The van der Waals surface area contributed by atoms with Crippen molar-refractivity contribution in [3.8, 4) is 0 Å². The van der Waals surface area contributed by atoms with Gasteiger partial charge in [0.15, 0.2) is 0 Å². The van der Waals surface area contributed by atoms with Crippen LogP contribution in [-0.2, 0) is 9.53 Å². The van der Waals surface area contributed by atoms with Gasteiger partial charge in [0.05, 0.1) is 19.1 Å². The van der Waals surface area contributed by atoms with Crippen molar-refractivity contribution in [3.05, 3.63) is 18.0 Å². The van der Waals surface area contributed by atoms with Gasteiger partial charge < -0.3 is 14.7 Å². The lowest BCUT2D eigenvalue weighted by atomic mass is 10.1. The Morgan fingerprint density at radius 2 is 2.00 bits per heavy atom. The van der Waals surface area contributed by atoms with Gasteiger partial charge in [0.25, 0.3) is 0 Å². The molecule has 2 rings (SSSR count). The molecule has 1 N–H and O–H groups in total. The lowest BCUT2D eigenvalue weighted by Crippen LogP contribution is -2.37. The highest BCUT2D eigenvalue weighted by molar-refractivity contribution is 5.75. The van der Waals surface area contributed by atoms with E-state index in [4.69, 9.17) is 9.84 Å². The molecule has 0 amide bonds. The van der Waals surface area contributed by atoms with E-state index in [0.717, 1.165) is 13.1 Å². The maximum Gasteiger partial charge on any atom is 0.310 e. The number of carboxylic acids is 1. The fraction of sp³-hybridized carbons (Fsp3) is 0.545. The fourth-order valence-corrected chi connectivity index (χ4v) is 1.62. The molecule has 1 aliphatic heterocycles. The summed E-state index contributed by atoms with van der Waals surface area (Å²) >= 11 is 0. The van der Waals surface area contributed by atoms with Crippen LogP contribution in [0.2, 0.25) is 0 Å². The summed E-state index contributed by atoms with van der Waals surface area (Å²) in [6.45, 7) is 4.52. The van der Waals surface area contributed by atoms with Crippen LogP contribution < -0.4 is 4.90 Å². The van der Waals surface area contributed by atoms with E-state index in [2.05, 4.69) is 9.97 Å². The number of hydrogen-bond acceptors (Lipinski definition) is 5. The minimum atomic E-state index is -0.868. The molecule has 1 aromatic rings. The molecule has 2 heterocycles. The van der Waals surface area contributed by atoms with Crippen molar-refractivity contribution >= 4 is 11.9 Å². The van der Waals surface area contributed by atoms with Crippen molar-refractivity contribution in [1.82, 2.24) is 9.97 Å². The van der Waals surface area contributed by atoms with Crippen LogP contribution >= 0.6 is 0 Å². The zero-order valence-corrected chi connectivity index (χ0v) is 9.67. The van der Waals surface area contributed by atoms with Crippen molar-refractivity contribution < 1.29 is 14.6 Å². The normalized spacial score (nSPS) is 17.8. The quantitative estimate of drug-likeness (QED) is 0.825. The monoisotopic (exact) mass is 237 g/mol. The predicted octanol–water partition coefficient (Wildman–Crippen LogP) is 0.501. The number of ether oxygens (including phenoxy) is 1. The van der Waals surface area contributed by atoms with Gasteiger partial charge in [0.2, 0.25) is 5.95 Å². The molecule has 1 fully saturated rings. The van der Waals surface area contributed by atoms with Crippen molar-refractivity contribution in [3.63, 3.8) is 0 Å². The lowest BCUT2D eigenvalue weighted by Gasteiger charge is -2.26. The van der Waals surface area contributed by atoms with E-state index in [1.165, 1.54) is 0 Å². The number of carboxylic acid groups (broad SMARTS) is 1. The van der Waals surface area contributed by atoms with Crippen LogP contribution in [0.15, 0.2) is 12.4 Å². The highest BCUT2D eigenvalue weighted by Crippen LogP contribution is 2.15. The fourth-order valence-electron chi connectivity index (χ4n) is 1.62. The standard InChI is InChI=1S/C11H15N3O3/c1-8(10(15)16)9-6-12-11(13-7-9)14-2-4-17-5-3-14/h6-8H,2-5H2,1H3,(H,15,16). The van der Waals surface area contributed by atoms with Crippen LogP contribution in [0.3, 0.4) is 0 Å². The van der Waals surface area contributed by atoms with Gasteiger partial charge in [-0.2, -0.15) is 0 Å². The first-order valence-corrected chi connectivity index (χ1v) is 5.56. The molecule has 92 valence electrons. The van der Waals surface area contributed by atoms with Gasteiger partial charge in [-0.1, -0.05) is 0 Å². The Bertz CT molecular complexity index is 387. The second-order valence-electron chi connectivity index (χ2n) is 3.98. The lowest BCUT2D eigenvalue weighted by molar-refractivity contribution is -0.138. The second-order valence-corrected chi connectivity index (χ2v) is 3.98. The van der Waals surface area contributed by atoms with Gasteiger partial charge >= 0.3 is 5.97 Å². The molecule has 1 aromatic heterocycles. The first-order chi connectivity index (χ1) is 8.18. The summed E-state index contributed by atoms with van der Waals surface area (Å²) in [6.07, 6.45) is 3.16. The van der Waals surface area contributed by atoms with Gasteiger partial charge in [0, 0.05) is 31.0 Å². The molecular weight excluding hydrogens is 222 g/mol. The molecule has 1 unspecified atom stereocenters. The number of aromatic nitrogens is 2. The summed E-state index contributed by atoms with van der Waals surface area (Å²) in [7, 11) is 0. The highest BCUT2D eigenvalue weighted by atomic mass is 16.5. The van der Waals surface area contributed by atoms with Gasteiger partial charge in [-0.3, -0.25) is 4.79 Å². The van der Waals surface area contributed by atoms with Crippen LogP contribution in [0.4, 0.5) is 5.95 Å². The Hall–Kier alpha value is -1.69. The SMILES string of the molecule is CC(C(=O)O)c1cnc(N2CCOCC2)nc1. The summed E-state index contributed by atoms with van der Waals surface area (Å²) in [6, 6.07) is 0. The third kappa shape index (κ3) is 2.71. The largest absolute Gasteiger partial charge is 0.481 e. The topological polar surface area (TPSA) is 75.5 Å². The second kappa shape index (κ2) is 5.09. The van der Waals surface area contributed by atoms with Crippen LogP contribution in [0.1, 0.15) is 18.4 Å². The summed E-state index contributed by atoms with van der Waals surface area (Å²) in [5, 5.41) is 8.87. The maximum atomic E-state index is 10.8. The van der Waals surface area contributed by atoms with Gasteiger partial charge in [-0.05, 0) is 6.92 Å². The minimum absolute atomic E-state index is 0.575. The first-order valence-electron chi connectivity index (χ1n) is 5.56. The summed E-state index contributed by atoms with van der Waals surface area (Å²) in [4.78, 5) is 21.2. The first kappa shape index (κ1) is 11.8. The molecular formula is C11H15N3O3. The van der Waals surface area contributed by atoms with E-state index >= 15 is 0 Å².